The molecule has 2 heterocycles. The molecular weight excluding hydrogens is 218 g/mol. The maximum absolute atomic E-state index is 5.17. The van der Waals surface area contributed by atoms with Gasteiger partial charge in [0.2, 0.25) is 5.88 Å². The van der Waals surface area contributed by atoms with Gasteiger partial charge in [-0.3, -0.25) is 0 Å². The van der Waals surface area contributed by atoms with Crippen molar-refractivity contribution >= 4 is 5.82 Å². The van der Waals surface area contributed by atoms with Crippen molar-refractivity contribution < 1.29 is 4.74 Å². The summed E-state index contributed by atoms with van der Waals surface area (Å²) in [6.45, 7) is 6.06. The second kappa shape index (κ2) is 5.29. The van der Waals surface area contributed by atoms with Crippen LogP contribution in [0.4, 0.5) is 5.82 Å². The molecule has 1 fully saturated rings. The summed E-state index contributed by atoms with van der Waals surface area (Å²) < 4.78 is 5.17. The van der Waals surface area contributed by atoms with Crippen LogP contribution in [0, 0.1) is 6.92 Å². The Morgan fingerprint density at radius 3 is 2.59 bits per heavy atom. The molecule has 1 aliphatic heterocycles. The maximum atomic E-state index is 5.17. The number of methoxy groups -OCH3 is 1. The molecule has 1 saturated heterocycles. The maximum Gasteiger partial charge on any atom is 0.221 e. The molecule has 0 radical (unpaired) electrons. The van der Waals surface area contributed by atoms with E-state index in [1.807, 2.05) is 6.92 Å². The van der Waals surface area contributed by atoms with E-state index in [1.165, 1.54) is 6.33 Å². The molecular formula is C11H19N5O. The first kappa shape index (κ1) is 12.1. The highest BCUT2D eigenvalue weighted by Gasteiger charge is 2.15. The first-order valence-corrected chi connectivity index (χ1v) is 5.76. The Bertz CT molecular complexity index is 376. The van der Waals surface area contributed by atoms with Gasteiger partial charge in [-0.25, -0.2) is 15.0 Å². The summed E-state index contributed by atoms with van der Waals surface area (Å²) in [5.74, 6) is 1.44. The third-order valence-corrected chi connectivity index (χ3v) is 3.00. The van der Waals surface area contributed by atoms with Gasteiger partial charge in [0, 0.05) is 26.2 Å². The number of likely N-dealkylation sites (N-methyl/N-ethyl adjacent to an activating group) is 1. The molecule has 0 unspecified atom stereocenters. The van der Waals surface area contributed by atoms with Gasteiger partial charge in [0.1, 0.15) is 6.33 Å². The molecule has 0 aliphatic carbocycles. The molecule has 0 bridgehead atoms. The van der Waals surface area contributed by atoms with E-state index in [9.17, 15) is 0 Å². The molecule has 0 aromatic carbocycles. The van der Waals surface area contributed by atoms with Gasteiger partial charge in [-0.1, -0.05) is 0 Å². The second-order valence-corrected chi connectivity index (χ2v) is 4.26. The fraction of sp³-hybridized carbons (Fsp3) is 0.636. The fourth-order valence-corrected chi connectivity index (χ4v) is 1.82. The van der Waals surface area contributed by atoms with Crippen molar-refractivity contribution in [1.29, 1.82) is 0 Å². The fourth-order valence-electron chi connectivity index (χ4n) is 1.82. The van der Waals surface area contributed by atoms with Crippen molar-refractivity contribution in [2.24, 2.45) is 0 Å². The van der Waals surface area contributed by atoms with Crippen molar-refractivity contribution in [3.63, 3.8) is 0 Å². The highest BCUT2D eigenvalue weighted by Crippen LogP contribution is 2.20. The monoisotopic (exact) mass is 237 g/mol. The van der Waals surface area contributed by atoms with Crippen LogP contribution in [-0.4, -0.2) is 60.2 Å². The van der Waals surface area contributed by atoms with E-state index in [-0.39, 0.29) is 0 Å². The number of hydrogen-bond acceptors (Lipinski definition) is 6. The van der Waals surface area contributed by atoms with E-state index in [0.29, 0.717) is 5.88 Å². The lowest BCUT2D eigenvalue weighted by Crippen LogP contribution is -2.47. The predicted octanol–water partition coefficient (Wildman–Crippen LogP) is 0.368. The van der Waals surface area contributed by atoms with Crippen molar-refractivity contribution in [2.75, 3.05) is 45.8 Å². The van der Waals surface area contributed by atoms with Crippen LogP contribution < -0.4 is 10.2 Å². The Hall–Kier alpha value is -1.40. The number of nitrogens with zero attached hydrogens (tertiary/aromatic N) is 4. The van der Waals surface area contributed by atoms with Gasteiger partial charge in [-0.2, -0.15) is 0 Å². The van der Waals surface area contributed by atoms with Crippen LogP contribution in [0.25, 0.3) is 0 Å². The number of aromatic nitrogens is 2. The van der Waals surface area contributed by atoms with Crippen LogP contribution in [-0.2, 0) is 0 Å². The Morgan fingerprint density at radius 1 is 1.24 bits per heavy atom. The standard InChI is InChI=1S/C11H19N5O/c1-9-10(12-8-13-11(9)17-3)14-16-6-4-15(2)5-7-16/h8H,4-7H2,1-3H3,(H,12,13,14). The van der Waals surface area contributed by atoms with Crippen LogP contribution >= 0.6 is 0 Å². The zero-order chi connectivity index (χ0) is 12.3. The van der Waals surface area contributed by atoms with E-state index in [1.54, 1.807) is 7.11 Å². The summed E-state index contributed by atoms with van der Waals surface area (Å²) in [5.41, 5.74) is 4.26. The van der Waals surface area contributed by atoms with Crippen molar-refractivity contribution in [1.82, 2.24) is 19.9 Å². The molecule has 0 atom stereocenters. The molecule has 1 aromatic rings. The average Bonchev–Trinajstić information content (AvgIpc) is 2.35. The molecule has 94 valence electrons. The first-order chi connectivity index (χ1) is 8.20. The van der Waals surface area contributed by atoms with E-state index in [4.69, 9.17) is 4.74 Å². The molecule has 0 saturated carbocycles. The Labute approximate surface area is 102 Å². The predicted molar refractivity (Wildman–Crippen MR) is 66.0 cm³/mol. The third kappa shape index (κ3) is 2.83. The minimum atomic E-state index is 0.622. The number of hydrogen-bond donors (Lipinski definition) is 1. The van der Waals surface area contributed by atoms with Gasteiger partial charge in [0.15, 0.2) is 5.82 Å². The zero-order valence-electron chi connectivity index (χ0n) is 10.6. The third-order valence-electron chi connectivity index (χ3n) is 3.00. The largest absolute Gasteiger partial charge is 0.481 e. The van der Waals surface area contributed by atoms with Crippen LogP contribution in [0.15, 0.2) is 6.33 Å². The second-order valence-electron chi connectivity index (χ2n) is 4.26. The van der Waals surface area contributed by atoms with Gasteiger partial charge in [0.25, 0.3) is 0 Å². The molecule has 17 heavy (non-hydrogen) atoms. The molecule has 0 spiro atoms. The lowest BCUT2D eigenvalue weighted by Gasteiger charge is -2.33. The minimum Gasteiger partial charge on any atom is -0.481 e. The number of piperazine rings is 1. The first-order valence-electron chi connectivity index (χ1n) is 5.76. The smallest absolute Gasteiger partial charge is 0.221 e. The van der Waals surface area contributed by atoms with Gasteiger partial charge in [-0.15, -0.1) is 0 Å². The molecule has 1 aromatic heterocycles. The lowest BCUT2D eigenvalue weighted by molar-refractivity contribution is 0.178. The Morgan fingerprint density at radius 2 is 1.94 bits per heavy atom. The highest BCUT2D eigenvalue weighted by atomic mass is 16.5. The van der Waals surface area contributed by atoms with Gasteiger partial charge in [0.05, 0.1) is 12.7 Å². The summed E-state index contributed by atoms with van der Waals surface area (Å²) in [6.07, 6.45) is 1.52. The van der Waals surface area contributed by atoms with E-state index in [0.717, 1.165) is 37.6 Å². The summed E-state index contributed by atoms with van der Waals surface area (Å²) in [5, 5.41) is 2.18. The highest BCUT2D eigenvalue weighted by molar-refractivity contribution is 5.46. The number of hydrazine groups is 1. The average molecular weight is 237 g/mol. The van der Waals surface area contributed by atoms with Gasteiger partial charge < -0.3 is 15.1 Å². The molecule has 2 rings (SSSR count). The van der Waals surface area contributed by atoms with Crippen molar-refractivity contribution in [2.45, 2.75) is 6.92 Å². The molecule has 0 amide bonds. The van der Waals surface area contributed by atoms with Crippen LogP contribution in [0.3, 0.4) is 0 Å². The molecule has 6 nitrogen and oxygen atoms in total. The summed E-state index contributed by atoms with van der Waals surface area (Å²) in [6, 6.07) is 0. The molecule has 1 aliphatic rings. The molecule has 1 N–H and O–H groups in total. The Kier molecular flexibility index (Phi) is 3.75. The minimum absolute atomic E-state index is 0.622. The van der Waals surface area contributed by atoms with Crippen LogP contribution in [0.5, 0.6) is 5.88 Å². The Balaban J connectivity index is 2.03. The quantitative estimate of drug-likeness (QED) is 0.819. The van der Waals surface area contributed by atoms with Gasteiger partial charge in [-0.05, 0) is 14.0 Å². The van der Waals surface area contributed by atoms with Crippen molar-refractivity contribution in [3.05, 3.63) is 11.9 Å². The normalized spacial score (nSPS) is 18.1. The number of nitrogens with one attached hydrogen (secondary N) is 1. The zero-order valence-corrected chi connectivity index (χ0v) is 10.6. The topological polar surface area (TPSA) is 53.5 Å². The number of anilines is 1. The van der Waals surface area contributed by atoms with E-state index in [2.05, 4.69) is 32.4 Å². The van der Waals surface area contributed by atoms with E-state index < -0.39 is 0 Å². The van der Waals surface area contributed by atoms with Gasteiger partial charge >= 0.3 is 0 Å². The number of ether oxygens (including phenoxy) is 1. The summed E-state index contributed by atoms with van der Waals surface area (Å²) >= 11 is 0. The molecule has 6 heteroatoms. The number of rotatable bonds is 3. The lowest BCUT2D eigenvalue weighted by atomic mass is 10.3. The van der Waals surface area contributed by atoms with Crippen LogP contribution in [0.2, 0.25) is 0 Å². The van der Waals surface area contributed by atoms with E-state index >= 15 is 0 Å². The SMILES string of the molecule is COc1ncnc(NN2CCN(C)CC2)c1C. The van der Waals surface area contributed by atoms with Crippen LogP contribution in [0.1, 0.15) is 5.56 Å². The summed E-state index contributed by atoms with van der Waals surface area (Å²) in [7, 11) is 3.76. The summed E-state index contributed by atoms with van der Waals surface area (Å²) in [4.78, 5) is 10.6. The van der Waals surface area contributed by atoms with Crippen molar-refractivity contribution in [3.8, 4) is 5.88 Å².